The molecular weight excluding hydrogens is 314 g/mol. The maximum Gasteiger partial charge on any atom is 0.122 e. The van der Waals surface area contributed by atoms with Crippen molar-refractivity contribution in [3.63, 3.8) is 0 Å². The molecule has 5 nitrogen and oxygen atoms in total. The van der Waals surface area contributed by atoms with Crippen LogP contribution in [0.5, 0.6) is 11.5 Å². The van der Waals surface area contributed by atoms with Crippen LogP contribution in [-0.4, -0.2) is 35.8 Å². The number of nitrogens with zero attached hydrogens (tertiary/aromatic N) is 3. The van der Waals surface area contributed by atoms with Crippen molar-refractivity contribution in [1.82, 2.24) is 9.47 Å². The maximum absolute atomic E-state index is 10.4. The van der Waals surface area contributed by atoms with Gasteiger partial charge in [-0.2, -0.15) is 5.26 Å². The predicted molar refractivity (Wildman–Crippen MR) is 98.3 cm³/mol. The molecule has 0 aliphatic rings. The number of aromatic hydroxyl groups is 1. The third-order valence-electron chi connectivity index (χ3n) is 4.36. The molecule has 5 heteroatoms. The lowest BCUT2D eigenvalue weighted by molar-refractivity contribution is 0.387. The zero-order valence-corrected chi connectivity index (χ0v) is 14.9. The van der Waals surface area contributed by atoms with Gasteiger partial charge in [-0.25, -0.2) is 0 Å². The Bertz CT molecular complexity index is 964. The van der Waals surface area contributed by atoms with Crippen molar-refractivity contribution < 1.29 is 9.84 Å². The number of aromatic nitrogens is 1. The van der Waals surface area contributed by atoms with E-state index in [2.05, 4.69) is 6.07 Å². The molecule has 0 saturated carbocycles. The topological polar surface area (TPSA) is 61.4 Å². The van der Waals surface area contributed by atoms with E-state index >= 15 is 0 Å². The van der Waals surface area contributed by atoms with Crippen molar-refractivity contribution in [2.24, 2.45) is 0 Å². The molecule has 0 amide bonds. The van der Waals surface area contributed by atoms with Crippen molar-refractivity contribution in [1.29, 1.82) is 5.26 Å². The average molecular weight is 335 g/mol. The highest BCUT2D eigenvalue weighted by molar-refractivity contribution is 5.93. The van der Waals surface area contributed by atoms with Crippen LogP contribution in [-0.2, 0) is 6.54 Å². The largest absolute Gasteiger partial charge is 0.508 e. The molecule has 128 valence electrons. The zero-order valence-electron chi connectivity index (χ0n) is 14.9. The molecule has 2 aromatic carbocycles. The minimum Gasteiger partial charge on any atom is -0.508 e. The second-order valence-corrected chi connectivity index (χ2v) is 6.30. The number of hydrogen-bond acceptors (Lipinski definition) is 4. The van der Waals surface area contributed by atoms with Gasteiger partial charge in [0.15, 0.2) is 0 Å². The summed E-state index contributed by atoms with van der Waals surface area (Å²) in [5.74, 6) is 1.01. The van der Waals surface area contributed by atoms with Gasteiger partial charge in [0.25, 0.3) is 0 Å². The van der Waals surface area contributed by atoms with Gasteiger partial charge in [-0.05, 0) is 57.4 Å². The molecule has 1 heterocycles. The molecule has 0 aliphatic carbocycles. The Hall–Kier alpha value is -2.97. The first-order valence-corrected chi connectivity index (χ1v) is 8.03. The predicted octanol–water partition coefficient (Wildman–Crippen LogP) is 3.59. The van der Waals surface area contributed by atoms with Gasteiger partial charge in [0.05, 0.1) is 18.2 Å². The molecular formula is C20H21N3O2. The van der Waals surface area contributed by atoms with Crippen LogP contribution in [0, 0.1) is 18.3 Å². The second kappa shape index (κ2) is 6.50. The fraction of sp³-hybridized carbons (Fsp3) is 0.250. The van der Waals surface area contributed by atoms with E-state index in [0.717, 1.165) is 33.6 Å². The van der Waals surface area contributed by atoms with E-state index in [9.17, 15) is 10.4 Å². The molecule has 3 aromatic rings. The van der Waals surface area contributed by atoms with Gasteiger partial charge >= 0.3 is 0 Å². The Kier molecular flexibility index (Phi) is 4.39. The van der Waals surface area contributed by atoms with Gasteiger partial charge in [-0.1, -0.05) is 0 Å². The van der Waals surface area contributed by atoms with Crippen molar-refractivity contribution >= 4 is 10.9 Å². The number of nitriles is 1. The summed E-state index contributed by atoms with van der Waals surface area (Å²) < 4.78 is 7.27. The smallest absolute Gasteiger partial charge is 0.122 e. The van der Waals surface area contributed by atoms with Gasteiger partial charge in [-0.15, -0.1) is 0 Å². The average Bonchev–Trinajstić information content (AvgIpc) is 2.89. The van der Waals surface area contributed by atoms with Crippen LogP contribution >= 0.6 is 0 Å². The van der Waals surface area contributed by atoms with E-state index in [1.165, 1.54) is 0 Å². The lowest BCUT2D eigenvalue weighted by Gasteiger charge is -2.16. The van der Waals surface area contributed by atoms with E-state index in [4.69, 9.17) is 4.74 Å². The molecule has 0 aliphatic heterocycles. The summed E-state index contributed by atoms with van der Waals surface area (Å²) in [5, 5.41) is 20.9. The van der Waals surface area contributed by atoms with E-state index < -0.39 is 0 Å². The van der Waals surface area contributed by atoms with Crippen molar-refractivity contribution in [3.8, 4) is 23.3 Å². The minimum atomic E-state index is 0.234. The number of hydrogen-bond donors (Lipinski definition) is 1. The molecule has 0 bridgehead atoms. The normalized spacial score (nSPS) is 11.0. The Labute approximate surface area is 147 Å². The maximum atomic E-state index is 10.4. The highest BCUT2D eigenvalue weighted by Gasteiger charge is 2.20. The Balaban J connectivity index is 2.38. The first-order chi connectivity index (χ1) is 12.0. The molecule has 0 unspecified atom stereocenters. The van der Waals surface area contributed by atoms with Crippen LogP contribution in [0.2, 0.25) is 0 Å². The molecule has 0 spiro atoms. The number of fused-ring (bicyclic) bond motifs is 1. The van der Waals surface area contributed by atoms with Crippen molar-refractivity contribution in [2.45, 2.75) is 13.5 Å². The van der Waals surface area contributed by atoms with Crippen LogP contribution in [0.1, 0.15) is 16.8 Å². The third kappa shape index (κ3) is 2.81. The van der Waals surface area contributed by atoms with Gasteiger partial charge in [0, 0.05) is 28.9 Å². The summed E-state index contributed by atoms with van der Waals surface area (Å²) in [6, 6.07) is 13.5. The quantitative estimate of drug-likeness (QED) is 0.791. The molecule has 1 aromatic heterocycles. The Morgan fingerprint density at radius 1 is 1.16 bits per heavy atom. The SMILES string of the molecule is COc1ccc(-n2c(C)c(C#N)c3ccc(O)c(CN(C)C)c32)cc1. The fourth-order valence-corrected chi connectivity index (χ4v) is 3.22. The van der Waals surface area contributed by atoms with Gasteiger partial charge < -0.3 is 19.3 Å². The second-order valence-electron chi connectivity index (χ2n) is 6.30. The molecule has 25 heavy (non-hydrogen) atoms. The van der Waals surface area contributed by atoms with E-state index in [1.54, 1.807) is 13.2 Å². The first-order valence-electron chi connectivity index (χ1n) is 8.03. The van der Waals surface area contributed by atoms with E-state index in [0.29, 0.717) is 12.1 Å². The summed E-state index contributed by atoms with van der Waals surface area (Å²) >= 11 is 0. The van der Waals surface area contributed by atoms with Crippen LogP contribution in [0.4, 0.5) is 0 Å². The lowest BCUT2D eigenvalue weighted by atomic mass is 10.1. The molecule has 3 rings (SSSR count). The van der Waals surface area contributed by atoms with Crippen LogP contribution in [0.3, 0.4) is 0 Å². The Morgan fingerprint density at radius 3 is 2.40 bits per heavy atom. The highest BCUT2D eigenvalue weighted by atomic mass is 16.5. The summed E-state index contributed by atoms with van der Waals surface area (Å²) in [4.78, 5) is 2.00. The monoisotopic (exact) mass is 335 g/mol. The summed E-state index contributed by atoms with van der Waals surface area (Å²) in [6.45, 7) is 2.51. The summed E-state index contributed by atoms with van der Waals surface area (Å²) in [5.41, 5.74) is 4.09. The lowest BCUT2D eigenvalue weighted by Crippen LogP contribution is -2.12. The van der Waals surface area contributed by atoms with Crippen molar-refractivity contribution in [3.05, 3.63) is 53.2 Å². The Morgan fingerprint density at radius 2 is 1.84 bits per heavy atom. The van der Waals surface area contributed by atoms with Gasteiger partial charge in [0.1, 0.15) is 17.6 Å². The van der Waals surface area contributed by atoms with Crippen LogP contribution in [0.25, 0.3) is 16.6 Å². The third-order valence-corrected chi connectivity index (χ3v) is 4.36. The zero-order chi connectivity index (χ0) is 18.1. The molecule has 1 N–H and O–H groups in total. The standard InChI is InChI=1S/C20H21N3O2/c1-13-17(11-21)16-9-10-19(24)18(12-22(2)3)20(16)23(13)14-5-7-15(25-4)8-6-14/h5-10,24H,12H2,1-4H3. The van der Waals surface area contributed by atoms with Gasteiger partial charge in [0.2, 0.25) is 0 Å². The number of phenolic OH excluding ortho intramolecular Hbond substituents is 1. The molecule has 0 radical (unpaired) electrons. The van der Waals surface area contributed by atoms with E-state index in [1.807, 2.05) is 60.8 Å². The van der Waals surface area contributed by atoms with Gasteiger partial charge in [-0.3, -0.25) is 0 Å². The minimum absolute atomic E-state index is 0.234. The fourth-order valence-electron chi connectivity index (χ4n) is 3.22. The van der Waals surface area contributed by atoms with Crippen LogP contribution < -0.4 is 4.74 Å². The highest BCUT2D eigenvalue weighted by Crippen LogP contribution is 2.36. The number of rotatable bonds is 4. The van der Waals surface area contributed by atoms with E-state index in [-0.39, 0.29) is 5.75 Å². The molecule has 0 atom stereocenters. The number of benzene rings is 2. The van der Waals surface area contributed by atoms with Crippen LogP contribution in [0.15, 0.2) is 36.4 Å². The molecule has 0 saturated heterocycles. The summed E-state index contributed by atoms with van der Waals surface area (Å²) in [7, 11) is 5.54. The first kappa shape index (κ1) is 16.9. The number of ether oxygens (including phenoxy) is 1. The number of phenols is 1. The molecule has 0 fully saturated rings. The van der Waals surface area contributed by atoms with Crippen molar-refractivity contribution in [2.75, 3.05) is 21.2 Å². The summed E-state index contributed by atoms with van der Waals surface area (Å²) in [6.07, 6.45) is 0. The number of methoxy groups -OCH3 is 1.